The van der Waals surface area contributed by atoms with E-state index < -0.39 is 6.61 Å². The molecule has 2 heterocycles. The van der Waals surface area contributed by atoms with Gasteiger partial charge in [-0.1, -0.05) is 23.4 Å². The highest BCUT2D eigenvalue weighted by Gasteiger charge is 2.11. The molecular weight excluding hydrogens is 424 g/mol. The fourth-order valence-corrected chi connectivity index (χ4v) is 3.31. The number of amides is 1. The molecule has 1 aromatic carbocycles. The summed E-state index contributed by atoms with van der Waals surface area (Å²) in [7, 11) is 0. The molecule has 0 aliphatic carbocycles. The Balaban J connectivity index is 1.55. The number of ether oxygens (including phenoxy) is 1. The third-order valence-electron chi connectivity index (χ3n) is 3.64. The number of aryl methyl sites for hydroxylation is 2. The monoisotopic (exact) mass is 439 g/mol. The van der Waals surface area contributed by atoms with Crippen LogP contribution in [0.3, 0.4) is 0 Å². The third-order valence-corrected chi connectivity index (χ3v) is 4.85. The number of alkyl halides is 2. The molecule has 3 rings (SSSR count). The lowest BCUT2D eigenvalue weighted by Crippen LogP contribution is -2.14. The minimum absolute atomic E-state index is 0.0265. The van der Waals surface area contributed by atoms with Crippen LogP contribution >= 0.6 is 23.4 Å². The second kappa shape index (κ2) is 9.19. The van der Waals surface area contributed by atoms with E-state index in [1.807, 2.05) is 19.9 Å². The van der Waals surface area contributed by atoms with E-state index in [2.05, 4.69) is 25.3 Å². The molecule has 2 aromatic heterocycles. The molecule has 0 aliphatic rings. The lowest BCUT2D eigenvalue weighted by Gasteiger charge is -2.09. The van der Waals surface area contributed by atoms with Crippen LogP contribution in [0.4, 0.5) is 14.5 Å². The van der Waals surface area contributed by atoms with Crippen molar-refractivity contribution in [3.63, 3.8) is 0 Å². The van der Waals surface area contributed by atoms with E-state index in [9.17, 15) is 13.6 Å². The molecule has 0 spiro atoms. The van der Waals surface area contributed by atoms with E-state index in [4.69, 9.17) is 11.6 Å². The molecule has 0 unspecified atom stereocenters. The van der Waals surface area contributed by atoms with Gasteiger partial charge in [0.2, 0.25) is 5.91 Å². The summed E-state index contributed by atoms with van der Waals surface area (Å²) >= 11 is 7.07. The van der Waals surface area contributed by atoms with Crippen LogP contribution in [0.1, 0.15) is 11.4 Å². The molecule has 0 aliphatic heterocycles. The zero-order chi connectivity index (χ0) is 21.0. The fraction of sp³-hybridized carbons (Fsp3) is 0.222. The molecule has 3 aromatic rings. The minimum atomic E-state index is -2.97. The summed E-state index contributed by atoms with van der Waals surface area (Å²) in [5.74, 6) is 0.205. The number of carbonyl (C=O) groups excluding carboxylic acids is 1. The van der Waals surface area contributed by atoms with E-state index in [-0.39, 0.29) is 22.4 Å². The normalized spacial score (nSPS) is 11.0. The van der Waals surface area contributed by atoms with Gasteiger partial charge in [-0.15, -0.1) is 10.2 Å². The molecule has 7 nitrogen and oxygen atoms in total. The Hall–Kier alpha value is -2.72. The van der Waals surface area contributed by atoms with Crippen molar-refractivity contribution >= 4 is 35.0 Å². The summed E-state index contributed by atoms with van der Waals surface area (Å²) < 4.78 is 30.4. The topological polar surface area (TPSA) is 81.9 Å². The number of thioether (sulfide) groups is 1. The number of rotatable bonds is 7. The maximum absolute atomic E-state index is 12.2. The van der Waals surface area contributed by atoms with Gasteiger partial charge in [0.25, 0.3) is 0 Å². The van der Waals surface area contributed by atoms with Gasteiger partial charge in [-0.25, -0.2) is 4.68 Å². The van der Waals surface area contributed by atoms with Gasteiger partial charge >= 0.3 is 6.61 Å². The van der Waals surface area contributed by atoms with E-state index in [1.165, 1.54) is 30.0 Å². The molecule has 0 saturated heterocycles. The summed E-state index contributed by atoms with van der Waals surface area (Å²) in [6.07, 6.45) is 0. The Morgan fingerprint density at radius 3 is 2.62 bits per heavy atom. The smallest absolute Gasteiger partial charge is 0.387 e. The van der Waals surface area contributed by atoms with Crippen LogP contribution in [0.15, 0.2) is 41.4 Å². The Bertz CT molecular complexity index is 1010. The molecule has 152 valence electrons. The van der Waals surface area contributed by atoms with E-state index in [0.29, 0.717) is 16.5 Å². The molecule has 1 N–H and O–H groups in total. The summed E-state index contributed by atoms with van der Waals surface area (Å²) in [5.41, 5.74) is 2.20. The quantitative estimate of drug-likeness (QED) is 0.554. The molecule has 29 heavy (non-hydrogen) atoms. The van der Waals surface area contributed by atoms with Crippen LogP contribution in [0, 0.1) is 13.8 Å². The Morgan fingerprint density at radius 2 is 2.03 bits per heavy atom. The van der Waals surface area contributed by atoms with Gasteiger partial charge < -0.3 is 10.1 Å². The van der Waals surface area contributed by atoms with E-state index in [0.717, 1.165) is 11.4 Å². The van der Waals surface area contributed by atoms with E-state index in [1.54, 1.807) is 16.8 Å². The van der Waals surface area contributed by atoms with Gasteiger partial charge in [-0.2, -0.15) is 13.9 Å². The van der Waals surface area contributed by atoms with Crippen molar-refractivity contribution in [2.24, 2.45) is 0 Å². The number of hydrogen-bond donors (Lipinski definition) is 1. The fourth-order valence-electron chi connectivity index (χ4n) is 2.47. The summed E-state index contributed by atoms with van der Waals surface area (Å²) in [5, 5.41) is 15.8. The first-order valence-electron chi connectivity index (χ1n) is 8.36. The summed E-state index contributed by atoms with van der Waals surface area (Å²) in [6.45, 7) is 0.845. The van der Waals surface area contributed by atoms with Crippen LogP contribution in [-0.2, 0) is 4.79 Å². The predicted molar refractivity (Wildman–Crippen MR) is 106 cm³/mol. The zero-order valence-electron chi connectivity index (χ0n) is 15.4. The van der Waals surface area contributed by atoms with Crippen LogP contribution in [-0.4, -0.2) is 38.2 Å². The molecule has 0 saturated carbocycles. The van der Waals surface area contributed by atoms with Gasteiger partial charge in [0, 0.05) is 11.4 Å². The second-order valence-corrected chi connectivity index (χ2v) is 7.33. The van der Waals surface area contributed by atoms with Gasteiger partial charge in [0.15, 0.2) is 5.82 Å². The van der Waals surface area contributed by atoms with Gasteiger partial charge in [-0.3, -0.25) is 4.79 Å². The van der Waals surface area contributed by atoms with Crippen molar-refractivity contribution in [3.8, 4) is 11.6 Å². The first-order valence-corrected chi connectivity index (χ1v) is 9.72. The number of nitrogens with one attached hydrogen (secondary N) is 1. The van der Waals surface area contributed by atoms with Crippen LogP contribution in [0.5, 0.6) is 5.75 Å². The van der Waals surface area contributed by atoms with Gasteiger partial charge in [0.05, 0.1) is 16.5 Å². The molecular formula is C18H16ClF2N5O2S. The number of benzene rings is 1. The summed E-state index contributed by atoms with van der Waals surface area (Å²) in [6, 6.07) is 9.49. The molecule has 0 fully saturated rings. The largest absolute Gasteiger partial charge is 0.433 e. The first kappa shape index (κ1) is 21.0. The number of aromatic nitrogens is 4. The third kappa shape index (κ3) is 5.64. The lowest BCUT2D eigenvalue weighted by atomic mass is 10.3. The van der Waals surface area contributed by atoms with Crippen molar-refractivity contribution in [3.05, 3.63) is 52.8 Å². The Morgan fingerprint density at radius 1 is 1.24 bits per heavy atom. The number of anilines is 1. The highest BCUT2D eigenvalue weighted by Crippen LogP contribution is 2.29. The Kier molecular flexibility index (Phi) is 6.65. The van der Waals surface area contributed by atoms with E-state index >= 15 is 0 Å². The van der Waals surface area contributed by atoms with Gasteiger partial charge in [-0.05, 0) is 50.2 Å². The number of nitrogens with zero attached hydrogens (tertiary/aromatic N) is 4. The maximum atomic E-state index is 12.2. The standard InChI is InChI=1S/C18H16ClF2N5O2S/c1-10-7-11(2)26(25-10)15-5-6-17(24-23-15)29-9-16(27)22-12-3-4-14(13(19)8-12)28-18(20)21/h3-8,18H,9H2,1-2H3,(H,22,27). The van der Waals surface area contributed by atoms with Gasteiger partial charge in [0.1, 0.15) is 10.8 Å². The SMILES string of the molecule is Cc1cc(C)n(-c2ccc(SCC(=O)Nc3ccc(OC(F)F)c(Cl)c3)nn2)n1. The molecule has 0 atom stereocenters. The number of carbonyl (C=O) groups is 1. The highest BCUT2D eigenvalue weighted by atomic mass is 35.5. The molecule has 1 amide bonds. The minimum Gasteiger partial charge on any atom is -0.433 e. The maximum Gasteiger partial charge on any atom is 0.387 e. The molecule has 11 heteroatoms. The number of halogens is 3. The zero-order valence-corrected chi connectivity index (χ0v) is 17.0. The van der Waals surface area contributed by atoms with Crippen LogP contribution in [0.2, 0.25) is 5.02 Å². The van der Waals surface area contributed by atoms with Crippen molar-refractivity contribution < 1.29 is 18.3 Å². The second-order valence-electron chi connectivity index (χ2n) is 5.93. The van der Waals surface area contributed by atoms with Crippen molar-refractivity contribution in [2.75, 3.05) is 11.1 Å². The van der Waals surface area contributed by atoms with Crippen LogP contribution in [0.25, 0.3) is 5.82 Å². The van der Waals surface area contributed by atoms with Crippen molar-refractivity contribution in [1.29, 1.82) is 0 Å². The highest BCUT2D eigenvalue weighted by molar-refractivity contribution is 7.99. The predicted octanol–water partition coefficient (Wildman–Crippen LogP) is 4.26. The molecule has 0 radical (unpaired) electrons. The van der Waals surface area contributed by atoms with Crippen molar-refractivity contribution in [1.82, 2.24) is 20.0 Å². The van der Waals surface area contributed by atoms with Crippen LogP contribution < -0.4 is 10.1 Å². The average molecular weight is 440 g/mol. The first-order chi connectivity index (χ1) is 13.8. The Labute approximate surface area is 174 Å². The van der Waals surface area contributed by atoms with Crippen molar-refractivity contribution in [2.45, 2.75) is 25.5 Å². The number of hydrogen-bond acceptors (Lipinski definition) is 6. The molecule has 0 bridgehead atoms. The summed E-state index contributed by atoms with van der Waals surface area (Å²) in [4.78, 5) is 12.1. The lowest BCUT2D eigenvalue weighted by molar-refractivity contribution is -0.113. The average Bonchev–Trinajstić information content (AvgIpc) is 3.00.